The van der Waals surface area contributed by atoms with Crippen LogP contribution in [0.25, 0.3) is 0 Å². The topological polar surface area (TPSA) is 50.4 Å². The summed E-state index contributed by atoms with van der Waals surface area (Å²) in [5.74, 6) is 0.0598. The molecule has 1 saturated carbocycles. The molecule has 4 nitrogen and oxygen atoms in total. The van der Waals surface area contributed by atoms with Gasteiger partial charge in [0.25, 0.3) is 0 Å². The molecular formula is C16H23ClN2O2. The first-order chi connectivity index (χ1) is 9.71. The zero-order valence-electron chi connectivity index (χ0n) is 12.4. The minimum absolute atomic E-state index is 0. The van der Waals surface area contributed by atoms with Crippen molar-refractivity contribution in [1.82, 2.24) is 10.6 Å². The van der Waals surface area contributed by atoms with Crippen molar-refractivity contribution in [1.29, 1.82) is 0 Å². The van der Waals surface area contributed by atoms with Gasteiger partial charge in [0.2, 0.25) is 5.91 Å². The normalized spacial score (nSPS) is 23.0. The average molecular weight is 311 g/mol. The predicted octanol–water partition coefficient (Wildman–Crippen LogP) is 1.55. The summed E-state index contributed by atoms with van der Waals surface area (Å²) in [6.45, 7) is 4.80. The molecule has 1 atom stereocenters. The number of amides is 1. The van der Waals surface area contributed by atoms with Crippen LogP contribution >= 0.6 is 12.4 Å². The van der Waals surface area contributed by atoms with Crippen LogP contribution < -0.4 is 10.6 Å². The van der Waals surface area contributed by atoms with Crippen LogP contribution in [-0.4, -0.2) is 38.3 Å². The lowest BCUT2D eigenvalue weighted by Crippen LogP contribution is -2.52. The maximum absolute atomic E-state index is 12.1. The number of benzene rings is 1. The van der Waals surface area contributed by atoms with Gasteiger partial charge in [-0.3, -0.25) is 4.79 Å². The summed E-state index contributed by atoms with van der Waals surface area (Å²) in [4.78, 5) is 12.1. The van der Waals surface area contributed by atoms with Crippen LogP contribution in [0.4, 0.5) is 0 Å². The standard InChI is InChI=1S/C16H22N2O2.ClH/c1-12-4-2-3-5-13(12)16(6-7-16)11-18-15(19)14-10-20-9-8-17-14;/h2-5,14,17H,6-11H2,1H3,(H,18,19);1H. The Balaban J connectivity index is 0.00000161. The predicted molar refractivity (Wildman–Crippen MR) is 85.0 cm³/mol. The number of carbonyl (C=O) groups excluding carboxylic acids is 1. The van der Waals surface area contributed by atoms with Crippen LogP contribution in [0.2, 0.25) is 0 Å². The Bertz CT molecular complexity index is 497. The van der Waals surface area contributed by atoms with Crippen LogP contribution in [0, 0.1) is 6.92 Å². The van der Waals surface area contributed by atoms with E-state index in [1.54, 1.807) is 0 Å². The van der Waals surface area contributed by atoms with Crippen LogP contribution in [0.15, 0.2) is 24.3 Å². The summed E-state index contributed by atoms with van der Waals surface area (Å²) in [5.41, 5.74) is 2.86. The molecule has 1 aromatic carbocycles. The van der Waals surface area contributed by atoms with E-state index in [0.29, 0.717) is 13.2 Å². The third-order valence-electron chi connectivity index (χ3n) is 4.41. The molecule has 5 heteroatoms. The van der Waals surface area contributed by atoms with Crippen molar-refractivity contribution in [3.63, 3.8) is 0 Å². The number of morpholine rings is 1. The van der Waals surface area contributed by atoms with E-state index in [2.05, 4.69) is 41.8 Å². The molecule has 3 rings (SSSR count). The van der Waals surface area contributed by atoms with E-state index >= 15 is 0 Å². The number of ether oxygens (including phenoxy) is 1. The second-order valence-electron chi connectivity index (χ2n) is 5.89. The Morgan fingerprint density at radius 3 is 2.81 bits per heavy atom. The summed E-state index contributed by atoms with van der Waals surface area (Å²) in [6, 6.07) is 8.29. The number of nitrogens with one attached hydrogen (secondary N) is 2. The van der Waals surface area contributed by atoms with Crippen molar-refractivity contribution in [2.75, 3.05) is 26.3 Å². The Morgan fingerprint density at radius 1 is 1.43 bits per heavy atom. The third kappa shape index (κ3) is 3.57. The molecule has 1 aliphatic heterocycles. The van der Waals surface area contributed by atoms with E-state index in [-0.39, 0.29) is 29.8 Å². The fraction of sp³-hybridized carbons (Fsp3) is 0.562. The van der Waals surface area contributed by atoms with Gasteiger partial charge in [0.15, 0.2) is 0 Å². The lowest BCUT2D eigenvalue weighted by Gasteiger charge is -2.25. The second kappa shape index (κ2) is 6.77. The molecule has 2 N–H and O–H groups in total. The first-order valence-electron chi connectivity index (χ1n) is 7.36. The highest BCUT2D eigenvalue weighted by Crippen LogP contribution is 2.48. The van der Waals surface area contributed by atoms with Gasteiger partial charge >= 0.3 is 0 Å². The number of aryl methyl sites for hydroxylation is 1. The van der Waals surface area contributed by atoms with Gasteiger partial charge in [-0.15, -0.1) is 12.4 Å². The van der Waals surface area contributed by atoms with Crippen LogP contribution in [0.3, 0.4) is 0 Å². The van der Waals surface area contributed by atoms with E-state index in [1.807, 2.05) is 0 Å². The van der Waals surface area contributed by atoms with Crippen molar-refractivity contribution >= 4 is 18.3 Å². The molecule has 1 aliphatic carbocycles. The highest BCUT2D eigenvalue weighted by Gasteiger charge is 2.45. The van der Waals surface area contributed by atoms with Crippen LogP contribution in [0.1, 0.15) is 24.0 Å². The molecule has 21 heavy (non-hydrogen) atoms. The second-order valence-corrected chi connectivity index (χ2v) is 5.89. The molecular weight excluding hydrogens is 288 g/mol. The van der Waals surface area contributed by atoms with Crippen molar-refractivity contribution < 1.29 is 9.53 Å². The third-order valence-corrected chi connectivity index (χ3v) is 4.41. The van der Waals surface area contributed by atoms with E-state index < -0.39 is 0 Å². The Labute approximate surface area is 132 Å². The minimum atomic E-state index is -0.198. The van der Waals surface area contributed by atoms with Gasteiger partial charge in [-0.1, -0.05) is 24.3 Å². The number of carbonyl (C=O) groups is 1. The largest absolute Gasteiger partial charge is 0.378 e. The summed E-state index contributed by atoms with van der Waals surface area (Å²) >= 11 is 0. The van der Waals surface area contributed by atoms with Gasteiger partial charge in [0.1, 0.15) is 6.04 Å². The number of rotatable bonds is 4. The SMILES string of the molecule is Cc1ccccc1C1(CNC(=O)C2COCCN2)CC1.Cl. The van der Waals surface area contributed by atoms with Crippen molar-refractivity contribution in [3.8, 4) is 0 Å². The molecule has 1 heterocycles. The van der Waals surface area contributed by atoms with Crippen LogP contribution in [0.5, 0.6) is 0 Å². The smallest absolute Gasteiger partial charge is 0.239 e. The summed E-state index contributed by atoms with van der Waals surface area (Å²) in [5, 5.41) is 6.29. The van der Waals surface area contributed by atoms with E-state index in [4.69, 9.17) is 4.74 Å². The molecule has 1 unspecified atom stereocenters. The quantitative estimate of drug-likeness (QED) is 0.887. The highest BCUT2D eigenvalue weighted by molar-refractivity contribution is 5.85. The molecule has 116 valence electrons. The number of hydrogen-bond donors (Lipinski definition) is 2. The monoisotopic (exact) mass is 310 g/mol. The lowest BCUT2D eigenvalue weighted by molar-refractivity contribution is -0.126. The summed E-state index contributed by atoms with van der Waals surface area (Å²) in [6.07, 6.45) is 2.32. The number of hydrogen-bond acceptors (Lipinski definition) is 3. The molecule has 0 radical (unpaired) electrons. The van der Waals surface area contributed by atoms with Crippen molar-refractivity contribution in [2.24, 2.45) is 0 Å². The van der Waals surface area contributed by atoms with Gasteiger partial charge in [-0.05, 0) is 30.9 Å². The van der Waals surface area contributed by atoms with Gasteiger partial charge in [0, 0.05) is 18.5 Å². The molecule has 1 saturated heterocycles. The number of halogens is 1. The first kappa shape index (κ1) is 16.3. The van der Waals surface area contributed by atoms with Gasteiger partial charge < -0.3 is 15.4 Å². The van der Waals surface area contributed by atoms with Gasteiger partial charge in [-0.25, -0.2) is 0 Å². The Hall–Kier alpha value is -1.10. The molecule has 0 bridgehead atoms. The van der Waals surface area contributed by atoms with Crippen molar-refractivity contribution in [3.05, 3.63) is 35.4 Å². The lowest BCUT2D eigenvalue weighted by atomic mass is 9.92. The van der Waals surface area contributed by atoms with Gasteiger partial charge in [-0.2, -0.15) is 0 Å². The van der Waals surface area contributed by atoms with E-state index in [0.717, 1.165) is 25.9 Å². The first-order valence-corrected chi connectivity index (χ1v) is 7.36. The van der Waals surface area contributed by atoms with E-state index in [9.17, 15) is 4.79 Å². The average Bonchev–Trinajstić information content (AvgIpc) is 3.27. The molecule has 2 fully saturated rings. The molecule has 1 amide bonds. The maximum atomic E-state index is 12.1. The van der Waals surface area contributed by atoms with Gasteiger partial charge in [0.05, 0.1) is 13.2 Å². The zero-order valence-corrected chi connectivity index (χ0v) is 13.2. The zero-order chi connectivity index (χ0) is 14.0. The molecule has 0 spiro atoms. The Morgan fingerprint density at radius 2 is 2.19 bits per heavy atom. The van der Waals surface area contributed by atoms with Crippen molar-refractivity contribution in [2.45, 2.75) is 31.2 Å². The van der Waals surface area contributed by atoms with E-state index in [1.165, 1.54) is 11.1 Å². The Kier molecular flexibility index (Phi) is 5.25. The fourth-order valence-corrected chi connectivity index (χ4v) is 2.97. The highest BCUT2D eigenvalue weighted by atomic mass is 35.5. The summed E-state index contributed by atoms with van der Waals surface area (Å²) < 4.78 is 5.33. The minimum Gasteiger partial charge on any atom is -0.378 e. The fourth-order valence-electron chi connectivity index (χ4n) is 2.97. The maximum Gasteiger partial charge on any atom is 0.239 e. The van der Waals surface area contributed by atoms with Crippen LogP contribution in [-0.2, 0) is 14.9 Å². The molecule has 1 aromatic rings. The summed E-state index contributed by atoms with van der Waals surface area (Å²) in [7, 11) is 0. The molecule has 0 aromatic heterocycles. The molecule has 2 aliphatic rings.